The molecule has 10 aromatic rings. The normalized spacial score (nSPS) is 12.3. The third-order valence-corrected chi connectivity index (χ3v) is 12.6. The topological polar surface area (TPSA) is 3.24 Å². The van der Waals surface area contributed by atoms with Gasteiger partial charge in [0.15, 0.2) is 0 Å². The average molecular weight is 790 g/mol. The van der Waals surface area contributed by atoms with Gasteiger partial charge in [0.2, 0.25) is 0 Å². The van der Waals surface area contributed by atoms with Gasteiger partial charge >= 0.3 is 0 Å². The molecule has 0 unspecified atom stereocenters. The highest BCUT2D eigenvalue weighted by Gasteiger charge is 2.47. The van der Waals surface area contributed by atoms with Gasteiger partial charge in [-0.3, -0.25) is 0 Å². The third-order valence-electron chi connectivity index (χ3n) is 12.6. The van der Waals surface area contributed by atoms with Crippen LogP contribution in [0.2, 0.25) is 0 Å². The number of hydrogen-bond acceptors (Lipinski definition) is 1. The Morgan fingerprint density at radius 1 is 0.258 bits per heavy atom. The Hall–Kier alpha value is -8.00. The van der Waals surface area contributed by atoms with Gasteiger partial charge in [-0.25, -0.2) is 0 Å². The standard InChI is InChI=1S/C61H43N/c1-5-18-44(19-6-1)48-34-38-54(39-35-48)62(55-40-36-49(37-41-55)45-20-7-2-8-21-45)59-33-17-32-58-60(59)56-30-13-14-31-57(56)61(58,52-28-15-26-50(42-52)46-22-9-3-10-23-46)53-29-16-27-51(43-53)47-24-11-4-12-25-47/h1-43H. The molecule has 1 nitrogen and oxygen atoms in total. The van der Waals surface area contributed by atoms with Gasteiger partial charge in [-0.15, -0.1) is 0 Å². The summed E-state index contributed by atoms with van der Waals surface area (Å²) in [6.45, 7) is 0. The molecule has 1 aliphatic rings. The fraction of sp³-hybridized carbons (Fsp3) is 0.0164. The summed E-state index contributed by atoms with van der Waals surface area (Å²) in [5, 5.41) is 0. The molecule has 10 aromatic carbocycles. The summed E-state index contributed by atoms with van der Waals surface area (Å²) in [6.07, 6.45) is 0. The highest BCUT2D eigenvalue weighted by atomic mass is 15.1. The summed E-state index contributed by atoms with van der Waals surface area (Å²) in [5.41, 5.74) is 19.7. The Bertz CT molecular complexity index is 2970. The second-order valence-electron chi connectivity index (χ2n) is 16.1. The van der Waals surface area contributed by atoms with Crippen LogP contribution in [0, 0.1) is 0 Å². The van der Waals surface area contributed by atoms with E-state index in [0.29, 0.717) is 0 Å². The first-order valence-corrected chi connectivity index (χ1v) is 21.4. The summed E-state index contributed by atoms with van der Waals surface area (Å²) in [7, 11) is 0. The van der Waals surface area contributed by atoms with Crippen molar-refractivity contribution in [3.63, 3.8) is 0 Å². The highest BCUT2D eigenvalue weighted by Crippen LogP contribution is 2.60. The number of nitrogens with zero attached hydrogens (tertiary/aromatic N) is 1. The Labute approximate surface area is 364 Å². The quantitative estimate of drug-likeness (QED) is 0.141. The van der Waals surface area contributed by atoms with Crippen molar-refractivity contribution in [2.75, 3.05) is 4.90 Å². The fourth-order valence-corrected chi connectivity index (χ4v) is 9.70. The molecule has 0 saturated carbocycles. The van der Waals surface area contributed by atoms with Crippen molar-refractivity contribution in [3.8, 4) is 55.6 Å². The Balaban J connectivity index is 1.17. The zero-order valence-corrected chi connectivity index (χ0v) is 34.3. The lowest BCUT2D eigenvalue weighted by molar-refractivity contribution is 0.769. The van der Waals surface area contributed by atoms with Gasteiger partial charge in [-0.2, -0.15) is 0 Å². The molecule has 1 aliphatic carbocycles. The zero-order chi connectivity index (χ0) is 41.3. The van der Waals surface area contributed by atoms with Gasteiger partial charge in [-0.05, 0) is 115 Å². The molecule has 0 aromatic heterocycles. The number of benzene rings is 10. The van der Waals surface area contributed by atoms with E-state index in [-0.39, 0.29) is 0 Å². The van der Waals surface area contributed by atoms with Crippen LogP contribution in [0.1, 0.15) is 22.3 Å². The number of anilines is 3. The van der Waals surface area contributed by atoms with E-state index < -0.39 is 5.41 Å². The van der Waals surface area contributed by atoms with E-state index in [1.165, 1.54) is 77.9 Å². The molecule has 62 heavy (non-hydrogen) atoms. The van der Waals surface area contributed by atoms with Crippen LogP contribution in [0.25, 0.3) is 55.6 Å². The molecule has 292 valence electrons. The lowest BCUT2D eigenvalue weighted by Gasteiger charge is -2.35. The van der Waals surface area contributed by atoms with E-state index in [9.17, 15) is 0 Å². The van der Waals surface area contributed by atoms with Crippen molar-refractivity contribution >= 4 is 17.1 Å². The molecule has 11 rings (SSSR count). The van der Waals surface area contributed by atoms with E-state index in [0.717, 1.165) is 17.1 Å². The van der Waals surface area contributed by atoms with Crippen molar-refractivity contribution in [2.45, 2.75) is 5.41 Å². The first kappa shape index (κ1) is 37.0. The predicted octanol–water partition coefficient (Wildman–Crippen LogP) is 16.2. The second kappa shape index (κ2) is 15.9. The highest BCUT2D eigenvalue weighted by molar-refractivity contribution is 5.98. The van der Waals surface area contributed by atoms with Crippen molar-refractivity contribution in [2.24, 2.45) is 0 Å². The molecule has 0 spiro atoms. The van der Waals surface area contributed by atoms with E-state index in [1.807, 2.05) is 0 Å². The Morgan fingerprint density at radius 3 is 1.08 bits per heavy atom. The predicted molar refractivity (Wildman–Crippen MR) is 260 cm³/mol. The minimum Gasteiger partial charge on any atom is -0.310 e. The average Bonchev–Trinajstić information content (AvgIpc) is 3.67. The monoisotopic (exact) mass is 789 g/mol. The molecule has 0 fully saturated rings. The molecular weight excluding hydrogens is 747 g/mol. The fourth-order valence-electron chi connectivity index (χ4n) is 9.70. The Kier molecular flexibility index (Phi) is 9.48. The molecule has 1 heteroatoms. The second-order valence-corrected chi connectivity index (χ2v) is 16.1. The van der Waals surface area contributed by atoms with Gasteiger partial charge < -0.3 is 4.90 Å². The smallest absolute Gasteiger partial charge is 0.0714 e. The van der Waals surface area contributed by atoms with Crippen LogP contribution >= 0.6 is 0 Å². The van der Waals surface area contributed by atoms with Crippen LogP contribution in [0.15, 0.2) is 261 Å². The van der Waals surface area contributed by atoms with Gasteiger partial charge in [-0.1, -0.05) is 218 Å². The van der Waals surface area contributed by atoms with E-state index in [2.05, 4.69) is 266 Å². The van der Waals surface area contributed by atoms with Crippen LogP contribution in [0.5, 0.6) is 0 Å². The maximum atomic E-state index is 2.45. The zero-order valence-electron chi connectivity index (χ0n) is 34.3. The van der Waals surface area contributed by atoms with Crippen LogP contribution in [-0.2, 0) is 5.41 Å². The van der Waals surface area contributed by atoms with Crippen LogP contribution in [0.3, 0.4) is 0 Å². The molecular formula is C61H43N. The summed E-state index contributed by atoms with van der Waals surface area (Å²) >= 11 is 0. The minimum absolute atomic E-state index is 0.627. The molecule has 0 atom stereocenters. The molecule has 0 bridgehead atoms. The van der Waals surface area contributed by atoms with Crippen molar-refractivity contribution in [1.82, 2.24) is 0 Å². The molecule has 0 heterocycles. The van der Waals surface area contributed by atoms with Crippen molar-refractivity contribution < 1.29 is 0 Å². The molecule has 0 amide bonds. The van der Waals surface area contributed by atoms with Crippen molar-refractivity contribution in [3.05, 3.63) is 283 Å². The van der Waals surface area contributed by atoms with Gasteiger partial charge in [0, 0.05) is 16.9 Å². The number of fused-ring (bicyclic) bond motifs is 3. The maximum Gasteiger partial charge on any atom is 0.0714 e. The lowest BCUT2D eigenvalue weighted by Crippen LogP contribution is -2.28. The van der Waals surface area contributed by atoms with Crippen LogP contribution in [0.4, 0.5) is 17.1 Å². The first-order chi connectivity index (χ1) is 30.8. The van der Waals surface area contributed by atoms with Crippen molar-refractivity contribution in [1.29, 1.82) is 0 Å². The van der Waals surface area contributed by atoms with E-state index >= 15 is 0 Å². The Morgan fingerprint density at radius 2 is 0.613 bits per heavy atom. The molecule has 0 saturated heterocycles. The largest absolute Gasteiger partial charge is 0.310 e. The molecule has 0 aliphatic heterocycles. The van der Waals surface area contributed by atoms with Crippen LogP contribution in [-0.4, -0.2) is 0 Å². The number of rotatable bonds is 9. The molecule has 0 radical (unpaired) electrons. The first-order valence-electron chi connectivity index (χ1n) is 21.4. The maximum absolute atomic E-state index is 2.45. The van der Waals surface area contributed by atoms with E-state index in [1.54, 1.807) is 0 Å². The molecule has 0 N–H and O–H groups in total. The summed E-state index contributed by atoms with van der Waals surface area (Å²) in [5.74, 6) is 0. The van der Waals surface area contributed by atoms with E-state index in [4.69, 9.17) is 0 Å². The van der Waals surface area contributed by atoms with Gasteiger partial charge in [0.05, 0.1) is 11.1 Å². The summed E-state index contributed by atoms with van der Waals surface area (Å²) in [4.78, 5) is 2.45. The minimum atomic E-state index is -0.627. The van der Waals surface area contributed by atoms with Crippen LogP contribution < -0.4 is 4.90 Å². The van der Waals surface area contributed by atoms with Gasteiger partial charge in [0.25, 0.3) is 0 Å². The third kappa shape index (κ3) is 6.43. The van der Waals surface area contributed by atoms with Gasteiger partial charge in [0.1, 0.15) is 0 Å². The number of hydrogen-bond donors (Lipinski definition) is 0. The lowest BCUT2D eigenvalue weighted by atomic mass is 9.67. The SMILES string of the molecule is c1ccc(-c2ccc(N(c3ccc(-c4ccccc4)cc3)c3cccc4c3-c3ccccc3C4(c3cccc(-c4ccccc4)c3)c3cccc(-c4ccccc4)c3)cc2)cc1. The summed E-state index contributed by atoms with van der Waals surface area (Å²) in [6, 6.07) is 95.4. The summed E-state index contributed by atoms with van der Waals surface area (Å²) < 4.78 is 0.